The van der Waals surface area contributed by atoms with Crippen molar-refractivity contribution >= 4 is 88.3 Å². The molecule has 2 atom stereocenters. The average molecular weight is 1090 g/mol. The van der Waals surface area contributed by atoms with Crippen LogP contribution in [0.3, 0.4) is 0 Å². The minimum Gasteiger partial charge on any atom is -0.480 e. The molecular formula is C49H76N14O10S2. The summed E-state index contributed by atoms with van der Waals surface area (Å²) in [6.45, 7) is 7.15. The number of hydrogen-bond acceptors (Lipinski definition) is 17. The number of hydrogen-bond donors (Lipinski definition) is 9. The Hall–Kier alpha value is -5.81. The predicted molar refractivity (Wildman–Crippen MR) is 293 cm³/mol. The number of amides is 2. The highest BCUT2D eigenvalue weighted by Gasteiger charge is 2.29. The van der Waals surface area contributed by atoms with Crippen LogP contribution in [0.5, 0.6) is 0 Å². The monoisotopic (exact) mass is 1080 g/mol. The van der Waals surface area contributed by atoms with Crippen molar-refractivity contribution in [3.8, 4) is 0 Å². The summed E-state index contributed by atoms with van der Waals surface area (Å²) in [6.07, 6.45) is 2.65. The summed E-state index contributed by atoms with van der Waals surface area (Å²) in [4.78, 5) is 97.9. The standard InChI is InChI=1S/C49H76N14O10S2/c1-56(13-11-53-49(75)55-40-8-4-38(5-9-40)29-42-31-61(35-46(70)71)19-17-59(34-45(68)69)21-23-63(42)36-47(72)73)12-10-52-48(74)54-39-6-2-37(3-7-39)28-41-30-60(32-43(50)66)18-16-57(24-26-64)14-15-58(25-27-65)20-22-62(41)33-44(51)67/h2-9,26-27,41-42H,10-25,28-36H2,1H3,(H2,50,66)(H2,51,67)(H,68,69)(H,70,71)(H,72,73)(H2,52,54,74)(H2,53,55,75). The molecule has 2 heterocycles. The van der Waals surface area contributed by atoms with Gasteiger partial charge in [-0.3, -0.25) is 58.3 Å². The van der Waals surface area contributed by atoms with Crippen LogP contribution in [0.25, 0.3) is 0 Å². The van der Waals surface area contributed by atoms with Gasteiger partial charge in [-0.25, -0.2) is 0 Å². The second-order valence-electron chi connectivity index (χ2n) is 18.9. The van der Waals surface area contributed by atoms with Gasteiger partial charge < -0.3 is 62.5 Å². The molecule has 0 saturated carbocycles. The molecule has 2 aliphatic rings. The predicted octanol–water partition coefficient (Wildman–Crippen LogP) is -2.52. The highest BCUT2D eigenvalue weighted by molar-refractivity contribution is 7.80. The first-order valence-corrected chi connectivity index (χ1v) is 25.8. The number of carbonyl (C=O) groups is 7. The van der Waals surface area contributed by atoms with Crippen LogP contribution in [0.15, 0.2) is 48.5 Å². The largest absolute Gasteiger partial charge is 0.480 e. The molecule has 0 spiro atoms. The fourth-order valence-corrected chi connectivity index (χ4v) is 9.52. The number of likely N-dealkylation sites (N-methyl/N-ethyl adjacent to an activating group) is 1. The molecule has 0 bridgehead atoms. The molecule has 2 saturated heterocycles. The number of benzene rings is 2. The van der Waals surface area contributed by atoms with Gasteiger partial charge in [0.2, 0.25) is 11.8 Å². The molecule has 2 aromatic rings. The van der Waals surface area contributed by atoms with Crippen LogP contribution in [0.2, 0.25) is 0 Å². The number of aldehydes is 2. The highest BCUT2D eigenvalue weighted by atomic mass is 32.1. The van der Waals surface area contributed by atoms with E-state index in [1.165, 1.54) is 0 Å². The Balaban J connectivity index is 1.24. The number of nitrogens with one attached hydrogen (secondary N) is 4. The fourth-order valence-electron chi connectivity index (χ4n) is 9.08. The Morgan fingerprint density at radius 3 is 1.32 bits per heavy atom. The van der Waals surface area contributed by atoms with E-state index in [4.69, 9.17) is 35.9 Å². The molecule has 0 aromatic heterocycles. The summed E-state index contributed by atoms with van der Waals surface area (Å²) in [7, 11) is 1.99. The van der Waals surface area contributed by atoms with Gasteiger partial charge in [0.25, 0.3) is 0 Å². The number of carboxylic acid groups (broad SMARTS) is 3. The Kier molecular flexibility index (Phi) is 27.4. The van der Waals surface area contributed by atoms with Gasteiger partial charge in [-0.05, 0) is 79.7 Å². The SMILES string of the molecule is CN(CCNC(=S)Nc1ccc(CC2CN(CC(N)=O)CCN(CC=O)CCN(CC=O)CCN2CC(N)=O)cc1)CCNC(=S)Nc1ccc(CC2CN(CC(=O)O)CCN(CC(=O)O)CCN2CC(=O)O)cc1. The molecule has 24 nitrogen and oxygen atoms in total. The Morgan fingerprint density at radius 2 is 0.907 bits per heavy atom. The molecule has 4 rings (SSSR count). The molecule has 75 heavy (non-hydrogen) atoms. The first kappa shape index (κ1) is 61.7. The van der Waals surface area contributed by atoms with Crippen LogP contribution in [-0.2, 0) is 46.4 Å². The summed E-state index contributed by atoms with van der Waals surface area (Å²) in [5.41, 5.74) is 14.8. The van der Waals surface area contributed by atoms with E-state index in [2.05, 4.69) is 26.2 Å². The van der Waals surface area contributed by atoms with Crippen LogP contribution in [0.4, 0.5) is 11.4 Å². The molecule has 26 heteroatoms. The zero-order chi connectivity index (χ0) is 54.7. The number of rotatable bonds is 26. The van der Waals surface area contributed by atoms with E-state index >= 15 is 0 Å². The molecule has 2 aliphatic heterocycles. The van der Waals surface area contributed by atoms with Crippen LogP contribution in [0.1, 0.15) is 11.1 Å². The van der Waals surface area contributed by atoms with E-state index in [0.717, 1.165) is 35.1 Å². The minimum absolute atomic E-state index is 0.00282. The topological polar surface area (TPSA) is 306 Å². The molecule has 0 radical (unpaired) electrons. The third kappa shape index (κ3) is 25.1. The number of carboxylic acids is 3. The number of nitrogens with zero attached hydrogens (tertiary/aromatic N) is 8. The minimum atomic E-state index is -1.03. The molecule has 2 unspecified atom stereocenters. The number of carbonyl (C=O) groups excluding carboxylic acids is 4. The molecule has 2 aromatic carbocycles. The van der Waals surface area contributed by atoms with Gasteiger partial charge in [0.15, 0.2) is 10.2 Å². The second kappa shape index (κ2) is 33.3. The highest BCUT2D eigenvalue weighted by Crippen LogP contribution is 2.18. The van der Waals surface area contributed by atoms with Crippen molar-refractivity contribution in [3.05, 3.63) is 59.7 Å². The van der Waals surface area contributed by atoms with Gasteiger partial charge in [-0.2, -0.15) is 0 Å². The van der Waals surface area contributed by atoms with Gasteiger partial charge in [-0.15, -0.1) is 0 Å². The Bertz CT molecular complexity index is 2180. The molecule has 414 valence electrons. The third-order valence-corrected chi connectivity index (χ3v) is 13.5. The van der Waals surface area contributed by atoms with E-state index in [9.17, 15) is 48.9 Å². The van der Waals surface area contributed by atoms with Gasteiger partial charge in [-0.1, -0.05) is 24.3 Å². The van der Waals surface area contributed by atoms with Crippen molar-refractivity contribution in [1.82, 2.24) is 49.8 Å². The van der Waals surface area contributed by atoms with E-state index in [0.29, 0.717) is 128 Å². The average Bonchev–Trinajstić information content (AvgIpc) is 3.39. The quantitative estimate of drug-likeness (QED) is 0.0347. The summed E-state index contributed by atoms with van der Waals surface area (Å²) in [5, 5.41) is 42.5. The normalized spacial score (nSPS) is 18.7. The van der Waals surface area contributed by atoms with E-state index < -0.39 is 29.7 Å². The lowest BCUT2D eigenvalue weighted by atomic mass is 10.0. The first-order chi connectivity index (χ1) is 35.9. The lowest BCUT2D eigenvalue weighted by Crippen LogP contribution is -2.54. The van der Waals surface area contributed by atoms with Gasteiger partial charge >= 0.3 is 17.9 Å². The maximum atomic E-state index is 12.4. The Morgan fingerprint density at radius 1 is 0.547 bits per heavy atom. The van der Waals surface area contributed by atoms with Crippen molar-refractivity contribution in [2.24, 2.45) is 11.5 Å². The summed E-state index contributed by atoms with van der Waals surface area (Å²) in [5.74, 6) is -4.04. The fraction of sp³-hybridized carbons (Fsp3) is 0.571. The molecular weight excluding hydrogens is 1010 g/mol. The molecule has 0 aliphatic carbocycles. The van der Waals surface area contributed by atoms with Crippen LogP contribution in [0, 0.1) is 0 Å². The van der Waals surface area contributed by atoms with E-state index in [1.807, 2.05) is 75.2 Å². The Labute approximate surface area is 449 Å². The third-order valence-electron chi connectivity index (χ3n) is 13.0. The smallest absolute Gasteiger partial charge is 0.317 e. The van der Waals surface area contributed by atoms with Gasteiger partial charge in [0.1, 0.15) is 12.6 Å². The van der Waals surface area contributed by atoms with Gasteiger partial charge in [0.05, 0.1) is 45.8 Å². The molecule has 2 amide bonds. The lowest BCUT2D eigenvalue weighted by Gasteiger charge is -2.38. The van der Waals surface area contributed by atoms with Crippen molar-refractivity contribution in [2.45, 2.75) is 24.9 Å². The zero-order valence-electron chi connectivity index (χ0n) is 42.9. The maximum absolute atomic E-state index is 12.4. The van der Waals surface area contributed by atoms with Crippen molar-refractivity contribution < 1.29 is 48.9 Å². The zero-order valence-corrected chi connectivity index (χ0v) is 44.5. The summed E-state index contributed by atoms with van der Waals surface area (Å²) >= 11 is 11.2. The number of aliphatic carboxylic acids is 3. The molecule has 2 fully saturated rings. The van der Waals surface area contributed by atoms with Crippen LogP contribution in [-0.4, -0.2) is 277 Å². The number of thiocarbonyl (C=S) groups is 2. The number of primary amides is 2. The van der Waals surface area contributed by atoms with Gasteiger partial charge in [0, 0.05) is 128 Å². The maximum Gasteiger partial charge on any atom is 0.317 e. The number of nitrogens with two attached hydrogens (primary N) is 2. The van der Waals surface area contributed by atoms with Crippen molar-refractivity contribution in [1.29, 1.82) is 0 Å². The molecule has 11 N–H and O–H groups in total. The van der Waals surface area contributed by atoms with E-state index in [1.54, 1.807) is 14.7 Å². The van der Waals surface area contributed by atoms with Crippen molar-refractivity contribution in [3.63, 3.8) is 0 Å². The van der Waals surface area contributed by atoms with E-state index in [-0.39, 0.29) is 57.9 Å². The summed E-state index contributed by atoms with van der Waals surface area (Å²) < 4.78 is 0. The number of anilines is 2. The van der Waals surface area contributed by atoms with Crippen LogP contribution < -0.4 is 32.7 Å². The lowest BCUT2D eigenvalue weighted by molar-refractivity contribution is -0.140. The second-order valence-corrected chi connectivity index (χ2v) is 19.7. The van der Waals surface area contributed by atoms with Crippen LogP contribution >= 0.6 is 24.4 Å². The van der Waals surface area contributed by atoms with Crippen molar-refractivity contribution in [2.75, 3.05) is 168 Å². The first-order valence-electron chi connectivity index (χ1n) is 25.0. The summed E-state index contributed by atoms with van der Waals surface area (Å²) in [6, 6.07) is 14.8.